The number of fused-ring (bicyclic) bond motifs is 1. The Kier molecular flexibility index (Phi) is 6.78. The third-order valence-corrected chi connectivity index (χ3v) is 8.55. The van der Waals surface area contributed by atoms with Crippen molar-refractivity contribution in [2.75, 3.05) is 45.9 Å². The van der Waals surface area contributed by atoms with Gasteiger partial charge in [0.25, 0.3) is 0 Å². The number of carbonyl (C=O) groups is 1. The summed E-state index contributed by atoms with van der Waals surface area (Å²) in [6, 6.07) is 6.32. The number of hydrogen-bond acceptors (Lipinski definition) is 4. The van der Waals surface area contributed by atoms with Gasteiger partial charge in [0.15, 0.2) is 0 Å². The number of ether oxygens (including phenoxy) is 1. The van der Waals surface area contributed by atoms with Crippen molar-refractivity contribution in [2.24, 2.45) is 5.92 Å². The molecule has 1 aromatic carbocycles. The van der Waals surface area contributed by atoms with Crippen molar-refractivity contribution >= 4 is 29.1 Å². The van der Waals surface area contributed by atoms with Gasteiger partial charge in [0.1, 0.15) is 0 Å². The topological polar surface area (TPSA) is 36.0 Å². The summed E-state index contributed by atoms with van der Waals surface area (Å²) >= 11 is 12.3. The van der Waals surface area contributed by atoms with Crippen LogP contribution in [0.4, 0.5) is 0 Å². The first kappa shape index (κ1) is 22.0. The standard InChI is InChI=1S/C24H33Cl2N3O2/c25-19-7-6-18(12-20(19)26)13-23(30)29-11-10-28(14-17-4-3-5-17)22-16-31-15-21(24(22)29)27-8-1-2-9-27/h6-7,12,17,21-22,24H,1-5,8-11,13-16H2/t21?,22?,24-/m1/s1. The largest absolute Gasteiger partial charge is 0.378 e. The molecule has 4 fully saturated rings. The van der Waals surface area contributed by atoms with Crippen LogP contribution in [0.1, 0.15) is 37.7 Å². The molecule has 3 heterocycles. The Bertz CT molecular complexity index is 797. The summed E-state index contributed by atoms with van der Waals surface area (Å²) in [6.07, 6.45) is 6.94. The van der Waals surface area contributed by atoms with Gasteiger partial charge in [-0.1, -0.05) is 35.7 Å². The fraction of sp³-hybridized carbons (Fsp3) is 0.708. The second-order valence-corrected chi connectivity index (χ2v) is 10.5. The molecule has 170 valence electrons. The van der Waals surface area contributed by atoms with E-state index >= 15 is 0 Å². The number of likely N-dealkylation sites (tertiary alicyclic amines) is 1. The number of halogens is 2. The van der Waals surface area contributed by atoms with Crippen LogP contribution in [0.25, 0.3) is 0 Å². The van der Waals surface area contributed by atoms with Crippen molar-refractivity contribution in [3.05, 3.63) is 33.8 Å². The Hall–Kier alpha value is -0.850. The molecule has 0 radical (unpaired) electrons. The summed E-state index contributed by atoms with van der Waals surface area (Å²) in [5, 5.41) is 1.04. The van der Waals surface area contributed by atoms with E-state index < -0.39 is 0 Å². The molecule has 7 heteroatoms. The molecule has 1 saturated carbocycles. The van der Waals surface area contributed by atoms with Crippen molar-refractivity contribution in [1.29, 1.82) is 0 Å². The summed E-state index contributed by atoms with van der Waals surface area (Å²) in [6.45, 7) is 6.61. The smallest absolute Gasteiger partial charge is 0.227 e. The molecule has 0 bridgehead atoms. The minimum atomic E-state index is 0.197. The van der Waals surface area contributed by atoms with Gasteiger partial charge in [-0.05, 0) is 62.4 Å². The number of amides is 1. The fourth-order valence-electron chi connectivity index (χ4n) is 5.90. The molecule has 3 atom stereocenters. The predicted molar refractivity (Wildman–Crippen MR) is 124 cm³/mol. The minimum Gasteiger partial charge on any atom is -0.378 e. The molecule has 5 rings (SSSR count). The summed E-state index contributed by atoms with van der Waals surface area (Å²) < 4.78 is 6.15. The maximum absolute atomic E-state index is 13.5. The molecule has 2 unspecified atom stereocenters. The zero-order valence-corrected chi connectivity index (χ0v) is 19.7. The molecule has 3 saturated heterocycles. The van der Waals surface area contributed by atoms with Gasteiger partial charge in [0.2, 0.25) is 5.91 Å². The molecular weight excluding hydrogens is 433 g/mol. The van der Waals surface area contributed by atoms with E-state index in [4.69, 9.17) is 27.9 Å². The summed E-state index contributed by atoms with van der Waals surface area (Å²) in [5.41, 5.74) is 0.928. The molecule has 0 N–H and O–H groups in total. The zero-order chi connectivity index (χ0) is 21.4. The maximum atomic E-state index is 13.5. The fourth-order valence-corrected chi connectivity index (χ4v) is 6.22. The molecule has 1 amide bonds. The number of rotatable bonds is 5. The monoisotopic (exact) mass is 465 g/mol. The Labute approximate surface area is 195 Å². The van der Waals surface area contributed by atoms with Gasteiger partial charge in [0.05, 0.1) is 47.8 Å². The quantitative estimate of drug-likeness (QED) is 0.663. The van der Waals surface area contributed by atoms with Crippen molar-refractivity contribution < 1.29 is 9.53 Å². The van der Waals surface area contributed by atoms with Crippen molar-refractivity contribution in [3.63, 3.8) is 0 Å². The Morgan fingerprint density at radius 2 is 1.74 bits per heavy atom. The van der Waals surface area contributed by atoms with Gasteiger partial charge < -0.3 is 9.64 Å². The first-order chi connectivity index (χ1) is 15.1. The number of piperazine rings is 1. The predicted octanol–water partition coefficient (Wildman–Crippen LogP) is 3.71. The summed E-state index contributed by atoms with van der Waals surface area (Å²) in [4.78, 5) is 20.9. The Balaban J connectivity index is 1.37. The number of carbonyl (C=O) groups excluding carboxylic acids is 1. The third-order valence-electron chi connectivity index (χ3n) is 7.81. The lowest BCUT2D eigenvalue weighted by molar-refractivity contribution is -0.153. The van der Waals surface area contributed by atoms with E-state index in [1.165, 1.54) is 32.1 Å². The van der Waals surface area contributed by atoms with Crippen LogP contribution in [0.15, 0.2) is 18.2 Å². The van der Waals surface area contributed by atoms with E-state index in [1.807, 2.05) is 12.1 Å². The van der Waals surface area contributed by atoms with Gasteiger partial charge >= 0.3 is 0 Å². The van der Waals surface area contributed by atoms with Crippen LogP contribution in [0, 0.1) is 5.92 Å². The average Bonchev–Trinajstić information content (AvgIpc) is 3.27. The molecular formula is C24H33Cl2N3O2. The SMILES string of the molecule is O=C(Cc1ccc(Cl)c(Cl)c1)N1CCN(CC2CCC2)C2COCC(N3CCCC3)[C@H]21. The molecule has 3 aliphatic heterocycles. The lowest BCUT2D eigenvalue weighted by Crippen LogP contribution is -2.72. The van der Waals surface area contributed by atoms with Crippen molar-refractivity contribution in [2.45, 2.75) is 56.7 Å². The van der Waals surface area contributed by atoms with Crippen LogP contribution in [-0.2, 0) is 16.0 Å². The maximum Gasteiger partial charge on any atom is 0.227 e. The van der Waals surface area contributed by atoms with Gasteiger partial charge in [-0.2, -0.15) is 0 Å². The normalized spacial score (nSPS) is 30.3. The van der Waals surface area contributed by atoms with Crippen LogP contribution >= 0.6 is 23.2 Å². The van der Waals surface area contributed by atoms with Crippen LogP contribution in [0.2, 0.25) is 10.0 Å². The highest BCUT2D eigenvalue weighted by Crippen LogP contribution is 2.34. The highest BCUT2D eigenvalue weighted by Gasteiger charge is 2.48. The van der Waals surface area contributed by atoms with E-state index in [9.17, 15) is 4.79 Å². The van der Waals surface area contributed by atoms with E-state index in [0.29, 0.717) is 28.5 Å². The molecule has 1 aliphatic carbocycles. The van der Waals surface area contributed by atoms with Crippen molar-refractivity contribution in [3.8, 4) is 0 Å². The van der Waals surface area contributed by atoms with Crippen LogP contribution in [-0.4, -0.2) is 84.7 Å². The highest BCUT2D eigenvalue weighted by molar-refractivity contribution is 6.42. The van der Waals surface area contributed by atoms with Gasteiger partial charge in [0, 0.05) is 19.6 Å². The second kappa shape index (κ2) is 9.56. The van der Waals surface area contributed by atoms with Crippen LogP contribution in [0.5, 0.6) is 0 Å². The molecule has 0 spiro atoms. The summed E-state index contributed by atoms with van der Waals surface area (Å²) in [7, 11) is 0. The first-order valence-electron chi connectivity index (χ1n) is 11.9. The number of benzene rings is 1. The number of hydrogen-bond donors (Lipinski definition) is 0. The molecule has 0 aromatic heterocycles. The Morgan fingerprint density at radius 1 is 0.968 bits per heavy atom. The first-order valence-corrected chi connectivity index (χ1v) is 12.6. The average molecular weight is 466 g/mol. The van der Waals surface area contributed by atoms with E-state index in [1.54, 1.807) is 6.07 Å². The van der Waals surface area contributed by atoms with E-state index in [-0.39, 0.29) is 11.9 Å². The van der Waals surface area contributed by atoms with Crippen LogP contribution in [0.3, 0.4) is 0 Å². The van der Waals surface area contributed by atoms with Crippen molar-refractivity contribution in [1.82, 2.24) is 14.7 Å². The zero-order valence-electron chi connectivity index (χ0n) is 18.1. The van der Waals surface area contributed by atoms with Crippen LogP contribution < -0.4 is 0 Å². The lowest BCUT2D eigenvalue weighted by Gasteiger charge is -2.55. The lowest BCUT2D eigenvalue weighted by atomic mass is 9.83. The molecule has 5 nitrogen and oxygen atoms in total. The highest BCUT2D eigenvalue weighted by atomic mass is 35.5. The van der Waals surface area contributed by atoms with E-state index in [2.05, 4.69) is 14.7 Å². The van der Waals surface area contributed by atoms with Gasteiger partial charge in [-0.15, -0.1) is 0 Å². The molecule has 31 heavy (non-hydrogen) atoms. The minimum absolute atomic E-state index is 0.197. The number of nitrogens with zero attached hydrogens (tertiary/aromatic N) is 3. The summed E-state index contributed by atoms with van der Waals surface area (Å²) in [5.74, 6) is 1.02. The van der Waals surface area contributed by atoms with E-state index in [0.717, 1.165) is 57.4 Å². The third kappa shape index (κ3) is 4.63. The second-order valence-electron chi connectivity index (χ2n) is 9.71. The Morgan fingerprint density at radius 3 is 2.45 bits per heavy atom. The van der Waals surface area contributed by atoms with Gasteiger partial charge in [-0.25, -0.2) is 0 Å². The van der Waals surface area contributed by atoms with Gasteiger partial charge in [-0.3, -0.25) is 14.6 Å². The molecule has 1 aromatic rings. The molecule has 4 aliphatic rings.